The van der Waals surface area contributed by atoms with E-state index in [0.717, 1.165) is 11.3 Å². The molecule has 3 rings (SSSR count). The molecule has 0 saturated carbocycles. The van der Waals surface area contributed by atoms with Crippen LogP contribution in [0.25, 0.3) is 11.0 Å². The molecular weight excluding hydrogens is 366 g/mol. The molecule has 0 unspecified atom stereocenters. The summed E-state index contributed by atoms with van der Waals surface area (Å²) in [5.74, 6) is 0.552. The topological polar surface area (TPSA) is 73.2 Å². The predicted octanol–water partition coefficient (Wildman–Crippen LogP) is 2.94. The number of ether oxygens (including phenoxy) is 1. The van der Waals surface area contributed by atoms with E-state index in [9.17, 15) is 9.59 Å². The molecule has 6 nitrogen and oxygen atoms in total. The number of carbonyl (C=O) groups excluding carboxylic acids is 1. The van der Waals surface area contributed by atoms with E-state index in [1.807, 2.05) is 31.2 Å². The number of benzene rings is 2. The molecule has 0 aliphatic heterocycles. The largest absolute Gasteiger partial charge is 0.493 e. The van der Waals surface area contributed by atoms with E-state index in [2.05, 4.69) is 10.3 Å². The van der Waals surface area contributed by atoms with Crippen LogP contribution in [0.2, 0.25) is 5.02 Å². The van der Waals surface area contributed by atoms with Crippen molar-refractivity contribution in [2.24, 2.45) is 0 Å². The fourth-order valence-electron chi connectivity index (χ4n) is 2.73. The van der Waals surface area contributed by atoms with Gasteiger partial charge < -0.3 is 10.1 Å². The molecule has 1 amide bonds. The third kappa shape index (κ3) is 4.86. The van der Waals surface area contributed by atoms with Gasteiger partial charge in [-0.1, -0.05) is 23.7 Å². The van der Waals surface area contributed by atoms with Crippen molar-refractivity contribution in [2.45, 2.75) is 19.9 Å². The first-order valence-corrected chi connectivity index (χ1v) is 9.02. The predicted molar refractivity (Wildman–Crippen MR) is 105 cm³/mol. The van der Waals surface area contributed by atoms with Gasteiger partial charge in [-0.05, 0) is 49.2 Å². The highest BCUT2D eigenvalue weighted by Crippen LogP contribution is 2.21. The Morgan fingerprint density at radius 2 is 2.07 bits per heavy atom. The van der Waals surface area contributed by atoms with Crippen LogP contribution in [0.15, 0.2) is 53.5 Å². The number of hydrogen-bond donors (Lipinski definition) is 1. The molecule has 0 bridgehead atoms. The maximum atomic E-state index is 12.2. The minimum Gasteiger partial charge on any atom is -0.493 e. The van der Waals surface area contributed by atoms with Crippen LogP contribution in [0, 0.1) is 6.92 Å². The molecule has 0 aliphatic rings. The summed E-state index contributed by atoms with van der Waals surface area (Å²) in [6.45, 7) is 2.82. The van der Waals surface area contributed by atoms with Crippen LogP contribution in [0.5, 0.6) is 5.75 Å². The summed E-state index contributed by atoms with van der Waals surface area (Å²) in [4.78, 5) is 28.3. The van der Waals surface area contributed by atoms with E-state index >= 15 is 0 Å². The Balaban J connectivity index is 1.49. The number of nitrogens with zero attached hydrogens (tertiary/aromatic N) is 2. The number of para-hydroxylation sites is 2. The summed E-state index contributed by atoms with van der Waals surface area (Å²) in [6, 6.07) is 12.7. The molecule has 140 valence electrons. The molecular formula is C20H20ClN3O3. The number of carbonyl (C=O) groups is 1. The van der Waals surface area contributed by atoms with E-state index in [1.54, 1.807) is 18.2 Å². The summed E-state index contributed by atoms with van der Waals surface area (Å²) in [7, 11) is 0. The zero-order valence-electron chi connectivity index (χ0n) is 14.9. The summed E-state index contributed by atoms with van der Waals surface area (Å²) in [5, 5.41) is 3.49. The first kappa shape index (κ1) is 18.9. The van der Waals surface area contributed by atoms with Crippen molar-refractivity contribution < 1.29 is 9.53 Å². The molecule has 0 atom stereocenters. The van der Waals surface area contributed by atoms with Crippen molar-refractivity contribution in [3.63, 3.8) is 0 Å². The fraction of sp³-hybridized carbons (Fsp3) is 0.250. The molecule has 2 aromatic carbocycles. The molecule has 1 N–H and O–H groups in total. The smallest absolute Gasteiger partial charge is 0.269 e. The van der Waals surface area contributed by atoms with Crippen molar-refractivity contribution >= 4 is 28.5 Å². The van der Waals surface area contributed by atoms with Gasteiger partial charge in [-0.25, -0.2) is 4.98 Å². The Hall–Kier alpha value is -2.86. The Morgan fingerprint density at radius 3 is 2.89 bits per heavy atom. The maximum Gasteiger partial charge on any atom is 0.269 e. The number of amides is 1. The average Bonchev–Trinajstić information content (AvgIpc) is 2.65. The zero-order chi connectivity index (χ0) is 19.2. The number of hydrogen-bond acceptors (Lipinski definition) is 4. The van der Waals surface area contributed by atoms with Crippen molar-refractivity contribution in [3.05, 3.63) is 69.6 Å². The lowest BCUT2D eigenvalue weighted by molar-refractivity contribution is -0.121. The quantitative estimate of drug-likeness (QED) is 0.634. The van der Waals surface area contributed by atoms with E-state index in [4.69, 9.17) is 16.3 Å². The van der Waals surface area contributed by atoms with Gasteiger partial charge >= 0.3 is 0 Å². The van der Waals surface area contributed by atoms with Crippen molar-refractivity contribution in [1.82, 2.24) is 14.9 Å². The number of halogens is 1. The minimum atomic E-state index is -0.301. The molecule has 7 heteroatoms. The number of aromatic nitrogens is 2. The van der Waals surface area contributed by atoms with Crippen LogP contribution in [-0.2, 0) is 11.3 Å². The van der Waals surface area contributed by atoms with Gasteiger partial charge in [-0.15, -0.1) is 0 Å². The van der Waals surface area contributed by atoms with Crippen molar-refractivity contribution in [3.8, 4) is 5.75 Å². The van der Waals surface area contributed by atoms with Gasteiger partial charge in [0.25, 0.3) is 5.56 Å². The molecule has 0 radical (unpaired) electrons. The average molecular weight is 386 g/mol. The van der Waals surface area contributed by atoms with E-state index < -0.39 is 0 Å². The van der Waals surface area contributed by atoms with Crippen molar-refractivity contribution in [2.75, 3.05) is 13.2 Å². The molecule has 0 fully saturated rings. The van der Waals surface area contributed by atoms with Crippen LogP contribution in [-0.4, -0.2) is 28.6 Å². The second-order valence-electron chi connectivity index (χ2n) is 6.13. The van der Waals surface area contributed by atoms with E-state index in [-0.39, 0.29) is 18.0 Å². The molecule has 0 aliphatic carbocycles. The van der Waals surface area contributed by atoms with Gasteiger partial charge in [0.05, 0.1) is 23.8 Å². The standard InChI is InChI=1S/C20H20ClN3O3/c1-14-11-15(21)7-8-18(14)27-10-4-9-22-19(25)13-24-17-6-3-2-5-16(17)23-12-20(24)26/h2-3,5-8,11-12H,4,9-10,13H2,1H3,(H,22,25). The third-order valence-electron chi connectivity index (χ3n) is 4.09. The summed E-state index contributed by atoms with van der Waals surface area (Å²) >= 11 is 5.92. The lowest BCUT2D eigenvalue weighted by Crippen LogP contribution is -2.33. The van der Waals surface area contributed by atoms with Crippen LogP contribution < -0.4 is 15.6 Å². The highest BCUT2D eigenvalue weighted by Gasteiger charge is 2.08. The van der Waals surface area contributed by atoms with Gasteiger partial charge in [0.15, 0.2) is 0 Å². The first-order chi connectivity index (χ1) is 13.0. The van der Waals surface area contributed by atoms with Gasteiger partial charge in [-0.3, -0.25) is 14.2 Å². The monoisotopic (exact) mass is 385 g/mol. The second kappa shape index (κ2) is 8.68. The second-order valence-corrected chi connectivity index (χ2v) is 6.57. The highest BCUT2D eigenvalue weighted by atomic mass is 35.5. The Morgan fingerprint density at radius 1 is 1.26 bits per heavy atom. The molecule has 27 heavy (non-hydrogen) atoms. The summed E-state index contributed by atoms with van der Waals surface area (Å²) < 4.78 is 7.12. The molecule has 0 saturated heterocycles. The van der Waals surface area contributed by atoms with E-state index in [1.165, 1.54) is 10.8 Å². The molecule has 0 spiro atoms. The lowest BCUT2D eigenvalue weighted by atomic mass is 10.2. The van der Waals surface area contributed by atoms with Gasteiger partial charge in [0, 0.05) is 11.6 Å². The van der Waals surface area contributed by atoms with Gasteiger partial charge in [0.2, 0.25) is 5.91 Å². The van der Waals surface area contributed by atoms with Crippen LogP contribution in [0.1, 0.15) is 12.0 Å². The number of nitrogens with one attached hydrogen (secondary N) is 1. The Kier molecular flexibility index (Phi) is 6.08. The maximum absolute atomic E-state index is 12.2. The normalized spacial score (nSPS) is 10.7. The van der Waals surface area contributed by atoms with E-state index in [0.29, 0.717) is 35.6 Å². The fourth-order valence-corrected chi connectivity index (χ4v) is 2.96. The number of aryl methyl sites for hydroxylation is 1. The summed E-state index contributed by atoms with van der Waals surface area (Å²) in [5.41, 5.74) is 1.99. The SMILES string of the molecule is Cc1cc(Cl)ccc1OCCCNC(=O)Cn1c(=O)cnc2ccccc21. The minimum absolute atomic E-state index is 0.0426. The molecule has 1 heterocycles. The van der Waals surface area contributed by atoms with Crippen LogP contribution >= 0.6 is 11.6 Å². The first-order valence-electron chi connectivity index (χ1n) is 8.65. The number of fused-ring (bicyclic) bond motifs is 1. The lowest BCUT2D eigenvalue weighted by Gasteiger charge is -2.11. The van der Waals surface area contributed by atoms with Gasteiger partial charge in [-0.2, -0.15) is 0 Å². The van der Waals surface area contributed by atoms with Crippen LogP contribution in [0.3, 0.4) is 0 Å². The summed E-state index contributed by atoms with van der Waals surface area (Å²) in [6.07, 6.45) is 1.89. The van der Waals surface area contributed by atoms with Gasteiger partial charge in [0.1, 0.15) is 12.3 Å². The Labute approximate surface area is 161 Å². The number of rotatable bonds is 7. The highest BCUT2D eigenvalue weighted by molar-refractivity contribution is 6.30. The Bertz CT molecular complexity index is 1020. The molecule has 3 aromatic rings. The van der Waals surface area contributed by atoms with Crippen molar-refractivity contribution in [1.29, 1.82) is 0 Å². The molecule has 1 aromatic heterocycles. The van der Waals surface area contributed by atoms with Crippen LogP contribution in [0.4, 0.5) is 0 Å². The zero-order valence-corrected chi connectivity index (χ0v) is 15.7. The third-order valence-corrected chi connectivity index (χ3v) is 4.33.